The second kappa shape index (κ2) is 15.1. The molecule has 0 aromatic rings. The van der Waals surface area contributed by atoms with Crippen LogP contribution in [-0.4, -0.2) is 50.9 Å². The van der Waals surface area contributed by atoms with Gasteiger partial charge in [-0.25, -0.2) is 0 Å². The van der Waals surface area contributed by atoms with Gasteiger partial charge >= 0.3 is 167 Å². The molecule has 0 N–H and O–H groups in total. The molecule has 8 nitrogen and oxygen atoms in total. The van der Waals surface area contributed by atoms with Crippen molar-refractivity contribution >= 4 is 23.5 Å². The molecule has 0 aliphatic carbocycles. The molecule has 27 heavy (non-hydrogen) atoms. The summed E-state index contributed by atoms with van der Waals surface area (Å²) in [5.74, 6) is -2.00. The van der Waals surface area contributed by atoms with Crippen molar-refractivity contribution in [3.8, 4) is 0 Å². The van der Waals surface area contributed by atoms with Gasteiger partial charge in [-0.15, -0.1) is 0 Å². The minimum atomic E-state index is -4.18. The molecule has 0 amide bonds. The first kappa shape index (κ1) is 26.1. The van der Waals surface area contributed by atoms with Crippen LogP contribution >= 0.6 is 0 Å². The zero-order valence-corrected chi connectivity index (χ0v) is 19.3. The number of carbonyl (C=O) groups excluding carboxylic acids is 4. The molecule has 0 saturated carbocycles. The molecule has 0 radical (unpaired) electrons. The van der Waals surface area contributed by atoms with Gasteiger partial charge in [0.05, 0.1) is 0 Å². The van der Waals surface area contributed by atoms with Gasteiger partial charge in [0.25, 0.3) is 0 Å². The van der Waals surface area contributed by atoms with Gasteiger partial charge < -0.3 is 0 Å². The Labute approximate surface area is 166 Å². The molecule has 0 aromatic carbocycles. The number of ether oxygens (including phenoxy) is 2. The molecule has 0 aliphatic heterocycles. The molecular formula is C18H32O8Zr. The van der Waals surface area contributed by atoms with Gasteiger partial charge in [0.2, 0.25) is 0 Å². The van der Waals surface area contributed by atoms with Crippen LogP contribution < -0.4 is 0 Å². The Balaban J connectivity index is 5.34. The van der Waals surface area contributed by atoms with Crippen molar-refractivity contribution in [2.24, 2.45) is 0 Å². The number of hydrogen-bond donors (Lipinski definition) is 0. The molecule has 0 aliphatic rings. The minimum absolute atomic E-state index is 0.0654. The summed E-state index contributed by atoms with van der Waals surface area (Å²) in [6.07, 6.45) is 2.56. The first-order valence-electron chi connectivity index (χ1n) is 9.27. The molecule has 0 atom stereocenters. The van der Waals surface area contributed by atoms with Gasteiger partial charge in [0, 0.05) is 0 Å². The van der Waals surface area contributed by atoms with Crippen LogP contribution in [-0.2, 0) is 55.4 Å². The van der Waals surface area contributed by atoms with E-state index in [0.717, 1.165) is 25.7 Å². The number of unbranched alkanes of at least 4 members (excludes halogenated alkanes) is 2. The number of rotatable bonds is 16. The van der Waals surface area contributed by atoms with Crippen molar-refractivity contribution in [1.29, 1.82) is 0 Å². The van der Waals surface area contributed by atoms with Gasteiger partial charge in [-0.2, -0.15) is 0 Å². The van der Waals surface area contributed by atoms with Crippen LogP contribution in [0.3, 0.4) is 0 Å². The van der Waals surface area contributed by atoms with Crippen molar-refractivity contribution in [1.82, 2.24) is 0 Å². The molecule has 0 spiro atoms. The van der Waals surface area contributed by atoms with E-state index in [1.54, 1.807) is 0 Å². The van der Waals surface area contributed by atoms with Gasteiger partial charge in [-0.3, -0.25) is 0 Å². The summed E-state index contributed by atoms with van der Waals surface area (Å²) in [5.41, 5.74) is 0. The number of ketones is 2. The van der Waals surface area contributed by atoms with Crippen molar-refractivity contribution in [2.45, 2.75) is 60.6 Å². The standard InChI is InChI=1S/2C5H7O3.2C4H9O.Zr/c2*1-4(6)3-5(7)8-2;2*1-2-3-4-5;/h2*1,3H2,2H3;2*2-4H2,1H3;/q;;2*-1;+2. The van der Waals surface area contributed by atoms with Crippen molar-refractivity contribution in [3.63, 3.8) is 0 Å². The van der Waals surface area contributed by atoms with Crippen LogP contribution in [0.1, 0.15) is 52.4 Å². The third kappa shape index (κ3) is 12.2. The Morgan fingerprint density at radius 2 is 1.07 bits per heavy atom. The van der Waals surface area contributed by atoms with Gasteiger partial charge in [-0.05, 0) is 0 Å². The quantitative estimate of drug-likeness (QED) is 0.194. The van der Waals surface area contributed by atoms with Crippen molar-refractivity contribution in [3.05, 3.63) is 0 Å². The summed E-state index contributed by atoms with van der Waals surface area (Å²) in [6.45, 7) is 4.78. The number of Topliss-reactive ketones (excluding diaryl/α,β-unsaturated/α-hetero) is 2. The molecule has 0 rings (SSSR count). The van der Waals surface area contributed by atoms with Crippen molar-refractivity contribution in [2.75, 3.05) is 27.4 Å². The van der Waals surface area contributed by atoms with E-state index in [2.05, 4.69) is 9.47 Å². The molecular weight excluding hydrogens is 435 g/mol. The number of hydrogen-bond acceptors (Lipinski definition) is 8. The topological polar surface area (TPSA) is 105 Å². The van der Waals surface area contributed by atoms with E-state index in [0.29, 0.717) is 13.2 Å². The molecule has 9 heteroatoms. The van der Waals surface area contributed by atoms with E-state index in [4.69, 9.17) is 5.63 Å². The van der Waals surface area contributed by atoms with E-state index in [1.807, 2.05) is 13.8 Å². The predicted octanol–water partition coefficient (Wildman–Crippen LogP) is 2.70. The molecule has 0 aromatic heterocycles. The van der Waals surface area contributed by atoms with Gasteiger partial charge in [0.15, 0.2) is 0 Å². The predicted molar refractivity (Wildman–Crippen MR) is 94.6 cm³/mol. The second-order valence-corrected chi connectivity index (χ2v) is 13.9. The Morgan fingerprint density at radius 3 is 1.37 bits per heavy atom. The molecule has 0 heterocycles. The number of carbonyl (C=O) groups is 4. The maximum absolute atomic E-state index is 12.3. The van der Waals surface area contributed by atoms with Crippen LogP contribution in [0.4, 0.5) is 0 Å². The van der Waals surface area contributed by atoms with Gasteiger partial charge in [0.1, 0.15) is 0 Å². The SMILES string of the molecule is CCCC[O][Zr]([CH2]C(=O)CC(=O)OC)([CH2]C(=O)CC(=O)OC)[O]CCCC. The molecule has 156 valence electrons. The average Bonchev–Trinajstić information content (AvgIpc) is 2.61. The fourth-order valence-corrected chi connectivity index (χ4v) is 9.93. The zero-order chi connectivity index (χ0) is 20.7. The summed E-state index contributed by atoms with van der Waals surface area (Å²) in [5, 5.41) is 0. The summed E-state index contributed by atoms with van der Waals surface area (Å²) >= 11 is -4.18. The first-order chi connectivity index (χ1) is 12.8. The number of esters is 2. The van der Waals surface area contributed by atoms with E-state index >= 15 is 0 Å². The summed E-state index contributed by atoms with van der Waals surface area (Å²) in [4.78, 5) is 47.5. The van der Waals surface area contributed by atoms with Crippen molar-refractivity contribution < 1.29 is 55.4 Å². The average molecular weight is 468 g/mol. The first-order valence-corrected chi connectivity index (χ1v) is 14.8. The third-order valence-electron chi connectivity index (χ3n) is 3.80. The summed E-state index contributed by atoms with van der Waals surface area (Å²) in [6, 6.07) is 0. The van der Waals surface area contributed by atoms with Crippen LogP contribution in [0.5, 0.6) is 0 Å². The van der Waals surface area contributed by atoms with Crippen LogP contribution in [0.2, 0.25) is 8.26 Å². The Hall–Kier alpha value is -0.917. The molecule has 0 bridgehead atoms. The molecule has 0 saturated heterocycles. The zero-order valence-electron chi connectivity index (χ0n) is 16.8. The summed E-state index contributed by atoms with van der Waals surface area (Å²) < 4.78 is 21.0. The van der Waals surface area contributed by atoms with Crippen LogP contribution in [0.15, 0.2) is 0 Å². The van der Waals surface area contributed by atoms with Crippen LogP contribution in [0, 0.1) is 0 Å². The number of methoxy groups -OCH3 is 2. The fraction of sp³-hybridized carbons (Fsp3) is 0.778. The normalized spacial score (nSPS) is 11.1. The Morgan fingerprint density at radius 1 is 0.704 bits per heavy atom. The Kier molecular flexibility index (Phi) is 14.5. The van der Waals surface area contributed by atoms with E-state index < -0.39 is 33.1 Å². The van der Waals surface area contributed by atoms with Gasteiger partial charge in [-0.1, -0.05) is 0 Å². The summed E-state index contributed by atoms with van der Waals surface area (Å²) in [7, 11) is 2.42. The van der Waals surface area contributed by atoms with Crippen LogP contribution in [0.25, 0.3) is 0 Å². The Bertz CT molecular complexity index is 448. The monoisotopic (exact) mass is 466 g/mol. The fourth-order valence-electron chi connectivity index (χ4n) is 2.31. The van der Waals surface area contributed by atoms with E-state index in [-0.39, 0.29) is 32.7 Å². The molecule has 0 fully saturated rings. The van der Waals surface area contributed by atoms with E-state index in [9.17, 15) is 19.2 Å². The second-order valence-electron chi connectivity index (χ2n) is 6.25. The molecule has 0 unspecified atom stereocenters. The third-order valence-corrected chi connectivity index (χ3v) is 12.0. The van der Waals surface area contributed by atoms with E-state index in [1.165, 1.54) is 14.2 Å². The maximum atomic E-state index is 12.3.